The highest BCUT2D eigenvalue weighted by molar-refractivity contribution is 6.48. The summed E-state index contributed by atoms with van der Waals surface area (Å²) in [6, 6.07) is 40.4. The summed E-state index contributed by atoms with van der Waals surface area (Å²) in [4.78, 5) is 18.8. The van der Waals surface area contributed by atoms with Gasteiger partial charge in [0.25, 0.3) is 0 Å². The number of anilines is 1. The maximum absolute atomic E-state index is 13.6. The number of fused-ring (bicyclic) bond motifs is 4. The Hall–Kier alpha value is -6.26. The van der Waals surface area contributed by atoms with E-state index >= 15 is 0 Å². The van der Waals surface area contributed by atoms with E-state index in [2.05, 4.69) is 59.9 Å². The first-order valence-electron chi connectivity index (χ1n) is 16.1. The minimum absolute atomic E-state index is 0.0336. The van der Waals surface area contributed by atoms with Gasteiger partial charge in [0.1, 0.15) is 5.75 Å². The van der Waals surface area contributed by atoms with Crippen LogP contribution in [0.3, 0.4) is 0 Å². The molecule has 6 aromatic carbocycles. The van der Waals surface area contributed by atoms with Crippen molar-refractivity contribution < 1.29 is 9.90 Å². The van der Waals surface area contributed by atoms with Crippen LogP contribution in [0, 0.1) is 0 Å². The topological polar surface area (TPSA) is 61.7 Å². The van der Waals surface area contributed by atoms with E-state index in [1.165, 1.54) is 0 Å². The second-order valence-corrected chi connectivity index (χ2v) is 12.2. The summed E-state index contributed by atoms with van der Waals surface area (Å²) in [5, 5.41) is 19.1. The number of phenols is 1. The molecule has 0 radical (unpaired) electrons. The van der Waals surface area contributed by atoms with Crippen LogP contribution in [0.5, 0.6) is 5.75 Å². The second-order valence-electron chi connectivity index (χ2n) is 12.2. The number of nitrogens with one attached hydrogen (secondary N) is 1. The molecule has 0 saturated heterocycles. The first-order valence-corrected chi connectivity index (χ1v) is 16.1. The summed E-state index contributed by atoms with van der Waals surface area (Å²) in [5.74, 6) is 0.189. The molecule has 6 aromatic rings. The third-order valence-corrected chi connectivity index (χ3v) is 9.29. The van der Waals surface area contributed by atoms with E-state index in [1.54, 1.807) is 12.1 Å². The van der Waals surface area contributed by atoms with Gasteiger partial charge in [0.15, 0.2) is 5.78 Å². The molecule has 0 unspecified atom stereocenters. The summed E-state index contributed by atoms with van der Waals surface area (Å²) in [5.41, 5.74) is 10.4. The fraction of sp³-hybridized carbons (Fsp3) is 0.0455. The van der Waals surface area contributed by atoms with Gasteiger partial charge in [-0.25, -0.2) is 0 Å². The number of allylic oxidation sites excluding steroid dienone is 6. The summed E-state index contributed by atoms with van der Waals surface area (Å²) >= 11 is 0. The molecule has 4 nitrogen and oxygen atoms in total. The minimum atomic E-state index is -0.0336. The van der Waals surface area contributed by atoms with E-state index in [0.29, 0.717) is 5.57 Å². The van der Waals surface area contributed by atoms with Crippen LogP contribution in [-0.2, 0) is 4.79 Å². The Morgan fingerprint density at radius 1 is 0.583 bits per heavy atom. The lowest BCUT2D eigenvalue weighted by Crippen LogP contribution is -2.14. The molecule has 48 heavy (non-hydrogen) atoms. The molecular formula is C44H32N2O2. The molecule has 4 heteroatoms. The van der Waals surface area contributed by atoms with E-state index in [1.807, 2.05) is 92.7 Å². The quantitative estimate of drug-likeness (QED) is 0.193. The molecule has 2 aliphatic rings. The van der Waals surface area contributed by atoms with E-state index in [-0.39, 0.29) is 11.5 Å². The number of hydrogen-bond donors (Lipinski definition) is 2. The van der Waals surface area contributed by atoms with Crippen LogP contribution in [0.1, 0.15) is 36.1 Å². The van der Waals surface area contributed by atoms with Crippen LogP contribution >= 0.6 is 0 Å². The van der Waals surface area contributed by atoms with Gasteiger partial charge in [-0.3, -0.25) is 9.79 Å². The summed E-state index contributed by atoms with van der Waals surface area (Å²) in [6.45, 7) is 4.00. The van der Waals surface area contributed by atoms with Gasteiger partial charge in [-0.05, 0) is 81.9 Å². The molecular weight excluding hydrogens is 588 g/mol. The van der Waals surface area contributed by atoms with Crippen molar-refractivity contribution in [3.8, 4) is 16.9 Å². The van der Waals surface area contributed by atoms with Crippen molar-refractivity contribution in [1.29, 1.82) is 0 Å². The lowest BCUT2D eigenvalue weighted by molar-refractivity contribution is -0.109. The van der Waals surface area contributed by atoms with Crippen molar-refractivity contribution in [3.05, 3.63) is 167 Å². The van der Waals surface area contributed by atoms with Crippen LogP contribution < -0.4 is 5.32 Å². The van der Waals surface area contributed by atoms with Crippen molar-refractivity contribution in [3.63, 3.8) is 0 Å². The Morgan fingerprint density at radius 2 is 1.15 bits per heavy atom. The molecule has 0 spiro atoms. The highest BCUT2D eigenvalue weighted by Gasteiger charge is 2.27. The molecule has 230 valence electrons. The number of benzene rings is 6. The van der Waals surface area contributed by atoms with Crippen molar-refractivity contribution in [2.45, 2.75) is 13.8 Å². The number of ketones is 1. The Labute approximate surface area is 279 Å². The minimum Gasteiger partial charge on any atom is -0.507 e. The number of aromatic hydroxyl groups is 1. The Morgan fingerprint density at radius 3 is 1.85 bits per heavy atom. The zero-order valence-corrected chi connectivity index (χ0v) is 26.7. The molecule has 0 amide bonds. The molecule has 0 saturated carbocycles. The maximum Gasteiger partial charge on any atom is 0.187 e. The van der Waals surface area contributed by atoms with E-state index in [4.69, 9.17) is 4.99 Å². The van der Waals surface area contributed by atoms with Crippen LogP contribution in [0.2, 0.25) is 0 Å². The zero-order valence-electron chi connectivity index (χ0n) is 26.7. The number of carbonyl (C=O) groups excluding carboxylic acids is 1. The van der Waals surface area contributed by atoms with Gasteiger partial charge in [-0.2, -0.15) is 0 Å². The third kappa shape index (κ3) is 4.95. The molecule has 0 bridgehead atoms. The summed E-state index contributed by atoms with van der Waals surface area (Å²) < 4.78 is 0. The Balaban J connectivity index is 1.30. The molecule has 8 rings (SSSR count). The standard InChI is InChI=1S/C44H32N2O2/c1-27(45-37-23-19-29-11-3-7-15-33(29)41(37)43-35-17-9-5-13-31(35)21-25-39(43)47)28(2)46-38-24-20-30-12-4-8-16-34(30)42(38)44-36-18-10-6-14-32(36)22-26-40(44)48/h3-26,45,47H,1-2H3/b28-27+,44-42-,46-38+. The first kappa shape index (κ1) is 29.2. The van der Waals surface area contributed by atoms with Crippen molar-refractivity contribution >= 4 is 62.0 Å². The number of phenolic OH excluding ortho intramolecular Hbond substituents is 1. The monoisotopic (exact) mass is 620 g/mol. The second kappa shape index (κ2) is 11.8. The van der Waals surface area contributed by atoms with E-state index < -0.39 is 0 Å². The molecule has 0 heterocycles. The van der Waals surface area contributed by atoms with Crippen LogP contribution in [0.4, 0.5) is 5.69 Å². The van der Waals surface area contributed by atoms with Crippen LogP contribution in [0.15, 0.2) is 150 Å². The van der Waals surface area contributed by atoms with Gasteiger partial charge >= 0.3 is 0 Å². The fourth-order valence-electron chi connectivity index (χ4n) is 6.85. The summed E-state index contributed by atoms with van der Waals surface area (Å²) in [6.07, 6.45) is 7.61. The number of carbonyl (C=O) groups is 1. The van der Waals surface area contributed by atoms with Gasteiger partial charge in [-0.15, -0.1) is 0 Å². The Kier molecular flexibility index (Phi) is 7.19. The largest absolute Gasteiger partial charge is 0.507 e. The average Bonchev–Trinajstić information content (AvgIpc) is 3.12. The molecule has 0 atom stereocenters. The van der Waals surface area contributed by atoms with E-state index in [9.17, 15) is 9.90 Å². The van der Waals surface area contributed by atoms with E-state index in [0.717, 1.165) is 83.3 Å². The number of hydrogen-bond acceptors (Lipinski definition) is 4. The van der Waals surface area contributed by atoms with Gasteiger partial charge in [0.05, 0.1) is 11.4 Å². The highest BCUT2D eigenvalue weighted by atomic mass is 16.3. The van der Waals surface area contributed by atoms with Crippen molar-refractivity contribution in [2.24, 2.45) is 4.99 Å². The smallest absolute Gasteiger partial charge is 0.187 e. The first-order chi connectivity index (χ1) is 23.5. The Bertz CT molecular complexity index is 2470. The molecule has 2 N–H and O–H groups in total. The maximum atomic E-state index is 13.6. The highest BCUT2D eigenvalue weighted by Crippen LogP contribution is 2.45. The predicted molar refractivity (Wildman–Crippen MR) is 201 cm³/mol. The lowest BCUT2D eigenvalue weighted by Gasteiger charge is -2.23. The fourth-order valence-corrected chi connectivity index (χ4v) is 6.85. The van der Waals surface area contributed by atoms with Crippen LogP contribution in [-0.4, -0.2) is 16.6 Å². The average molecular weight is 621 g/mol. The number of aliphatic imine (C=N–C) groups is 1. The molecule has 0 aromatic heterocycles. The molecule has 0 aliphatic heterocycles. The van der Waals surface area contributed by atoms with Crippen molar-refractivity contribution in [2.75, 3.05) is 5.32 Å². The lowest BCUT2D eigenvalue weighted by atomic mass is 9.81. The number of nitrogens with zero attached hydrogens (tertiary/aromatic N) is 1. The molecule has 0 fully saturated rings. The SMILES string of the molecule is CC(/N=C1\C=Cc2ccccc2\C1=C1\C(=O)C=Cc2ccccc21)=C(/C)Nc1ccc2ccccc2c1-c1c(O)ccc2ccccc12. The third-order valence-electron chi connectivity index (χ3n) is 9.29. The van der Waals surface area contributed by atoms with Gasteiger partial charge < -0.3 is 10.4 Å². The molecule has 2 aliphatic carbocycles. The summed E-state index contributed by atoms with van der Waals surface area (Å²) in [7, 11) is 0. The number of rotatable bonds is 4. The predicted octanol–water partition coefficient (Wildman–Crippen LogP) is 10.7. The van der Waals surface area contributed by atoms with Crippen molar-refractivity contribution in [1.82, 2.24) is 0 Å². The van der Waals surface area contributed by atoms with Gasteiger partial charge in [-0.1, -0.05) is 121 Å². The van der Waals surface area contributed by atoms with Gasteiger partial charge in [0.2, 0.25) is 0 Å². The normalized spacial score (nSPS) is 16.6. The van der Waals surface area contributed by atoms with Crippen LogP contribution in [0.25, 0.3) is 56.0 Å². The van der Waals surface area contributed by atoms with Gasteiger partial charge in [0, 0.05) is 33.7 Å². The zero-order chi connectivity index (χ0) is 32.8.